The Morgan fingerprint density at radius 3 is 2.70 bits per heavy atom. The van der Waals surface area contributed by atoms with Crippen LogP contribution in [0.4, 0.5) is 16.3 Å². The number of fused-ring (bicyclic) bond motifs is 1. The van der Waals surface area contributed by atoms with Crippen molar-refractivity contribution in [2.75, 3.05) is 10.6 Å². The van der Waals surface area contributed by atoms with Gasteiger partial charge in [0.25, 0.3) is 0 Å². The molecule has 0 unspecified atom stereocenters. The molecule has 0 saturated heterocycles. The predicted octanol–water partition coefficient (Wildman–Crippen LogP) is 2.67. The molecular formula is C14H11N5O. The van der Waals surface area contributed by atoms with Crippen LogP contribution in [0, 0.1) is 0 Å². The zero-order valence-electron chi connectivity index (χ0n) is 10.4. The van der Waals surface area contributed by atoms with Crippen molar-refractivity contribution in [3.63, 3.8) is 0 Å². The number of hydrogen-bond donors (Lipinski definition) is 2. The minimum atomic E-state index is -0.366. The SMILES string of the molecule is O=C(Nc1cnccn1)Nc1cccc2cnccc12. The molecule has 6 heteroatoms. The van der Waals surface area contributed by atoms with E-state index in [1.54, 1.807) is 18.6 Å². The summed E-state index contributed by atoms with van der Waals surface area (Å²) in [6, 6.07) is 7.12. The van der Waals surface area contributed by atoms with Crippen LogP contribution in [0.1, 0.15) is 0 Å². The molecule has 0 fully saturated rings. The highest BCUT2D eigenvalue weighted by molar-refractivity contribution is 6.05. The van der Waals surface area contributed by atoms with Gasteiger partial charge in [0.05, 0.1) is 11.9 Å². The predicted molar refractivity (Wildman–Crippen MR) is 76.4 cm³/mol. The summed E-state index contributed by atoms with van der Waals surface area (Å²) in [6.07, 6.45) is 7.97. The number of anilines is 2. The number of carbonyl (C=O) groups excluding carboxylic acids is 1. The van der Waals surface area contributed by atoms with Crippen LogP contribution in [0.2, 0.25) is 0 Å². The van der Waals surface area contributed by atoms with Crippen molar-refractivity contribution < 1.29 is 4.79 Å². The zero-order chi connectivity index (χ0) is 13.8. The smallest absolute Gasteiger partial charge is 0.307 e. The lowest BCUT2D eigenvalue weighted by Crippen LogP contribution is -2.20. The maximum atomic E-state index is 11.9. The maximum absolute atomic E-state index is 11.9. The van der Waals surface area contributed by atoms with Crippen LogP contribution in [-0.4, -0.2) is 21.0 Å². The number of hydrogen-bond acceptors (Lipinski definition) is 4. The lowest BCUT2D eigenvalue weighted by Gasteiger charge is -2.09. The van der Waals surface area contributed by atoms with E-state index in [0.29, 0.717) is 11.5 Å². The van der Waals surface area contributed by atoms with E-state index in [9.17, 15) is 4.79 Å². The number of amides is 2. The molecule has 98 valence electrons. The summed E-state index contributed by atoms with van der Waals surface area (Å²) in [5.74, 6) is 0.395. The zero-order valence-corrected chi connectivity index (χ0v) is 10.4. The molecule has 0 atom stereocenters. The Hall–Kier alpha value is -3.02. The Balaban J connectivity index is 1.81. The van der Waals surface area contributed by atoms with E-state index < -0.39 is 0 Å². The molecule has 0 bridgehead atoms. The summed E-state index contributed by atoms with van der Waals surface area (Å²) in [6.45, 7) is 0. The lowest BCUT2D eigenvalue weighted by atomic mass is 10.1. The van der Waals surface area contributed by atoms with Crippen LogP contribution in [0.3, 0.4) is 0 Å². The molecule has 20 heavy (non-hydrogen) atoms. The van der Waals surface area contributed by atoms with Gasteiger partial charge in [0.15, 0.2) is 5.82 Å². The first kappa shape index (κ1) is 12.0. The van der Waals surface area contributed by atoms with Gasteiger partial charge in [-0.05, 0) is 12.1 Å². The standard InChI is InChI=1S/C14H11N5O/c20-14(19-13-9-16-6-7-17-13)18-12-3-1-2-10-8-15-5-4-11(10)12/h1-9H,(H2,17,18,19,20). The van der Waals surface area contributed by atoms with E-state index in [1.807, 2.05) is 24.3 Å². The van der Waals surface area contributed by atoms with Gasteiger partial charge in [-0.2, -0.15) is 0 Å². The monoisotopic (exact) mass is 265 g/mol. The summed E-state index contributed by atoms with van der Waals surface area (Å²) in [4.78, 5) is 23.8. The highest BCUT2D eigenvalue weighted by Gasteiger charge is 2.06. The van der Waals surface area contributed by atoms with Gasteiger partial charge in [0, 0.05) is 35.6 Å². The van der Waals surface area contributed by atoms with Gasteiger partial charge in [-0.25, -0.2) is 9.78 Å². The fourth-order valence-corrected chi connectivity index (χ4v) is 1.87. The molecular weight excluding hydrogens is 254 g/mol. The highest BCUT2D eigenvalue weighted by Crippen LogP contribution is 2.22. The van der Waals surface area contributed by atoms with Crippen molar-refractivity contribution in [2.24, 2.45) is 0 Å². The van der Waals surface area contributed by atoms with Gasteiger partial charge < -0.3 is 5.32 Å². The van der Waals surface area contributed by atoms with Crippen LogP contribution >= 0.6 is 0 Å². The van der Waals surface area contributed by atoms with Crippen LogP contribution in [0.15, 0.2) is 55.2 Å². The number of nitrogens with one attached hydrogen (secondary N) is 2. The second-order valence-corrected chi connectivity index (χ2v) is 4.07. The molecule has 2 aromatic heterocycles. The Morgan fingerprint density at radius 2 is 1.85 bits per heavy atom. The number of aromatic nitrogens is 3. The first-order valence-electron chi connectivity index (χ1n) is 6.00. The second kappa shape index (κ2) is 5.31. The molecule has 0 aliphatic carbocycles. The normalized spacial score (nSPS) is 10.2. The Labute approximate surface area is 114 Å². The molecule has 2 heterocycles. The minimum Gasteiger partial charge on any atom is -0.307 e. The van der Waals surface area contributed by atoms with E-state index in [1.165, 1.54) is 12.4 Å². The topological polar surface area (TPSA) is 79.8 Å². The van der Waals surface area contributed by atoms with Gasteiger partial charge in [-0.15, -0.1) is 0 Å². The summed E-state index contributed by atoms with van der Waals surface area (Å²) < 4.78 is 0. The number of benzene rings is 1. The molecule has 0 radical (unpaired) electrons. The molecule has 2 amide bonds. The molecule has 3 rings (SSSR count). The first-order chi connectivity index (χ1) is 9.83. The molecule has 2 N–H and O–H groups in total. The van der Waals surface area contributed by atoms with Gasteiger partial charge in [-0.1, -0.05) is 12.1 Å². The molecule has 0 saturated carbocycles. The van der Waals surface area contributed by atoms with Crippen LogP contribution in [-0.2, 0) is 0 Å². The first-order valence-corrected chi connectivity index (χ1v) is 6.00. The Morgan fingerprint density at radius 1 is 0.950 bits per heavy atom. The average molecular weight is 265 g/mol. The van der Waals surface area contributed by atoms with Crippen molar-refractivity contribution >= 4 is 28.3 Å². The van der Waals surface area contributed by atoms with Crippen molar-refractivity contribution in [2.45, 2.75) is 0 Å². The second-order valence-electron chi connectivity index (χ2n) is 4.07. The number of carbonyl (C=O) groups is 1. The number of urea groups is 1. The largest absolute Gasteiger partial charge is 0.324 e. The molecule has 0 spiro atoms. The molecule has 0 aliphatic rings. The molecule has 0 aliphatic heterocycles. The van der Waals surface area contributed by atoms with Gasteiger partial charge in [0.2, 0.25) is 0 Å². The molecule has 1 aromatic carbocycles. The Bertz CT molecular complexity index is 739. The van der Waals surface area contributed by atoms with Crippen LogP contribution < -0.4 is 10.6 Å². The molecule has 3 aromatic rings. The van der Waals surface area contributed by atoms with Crippen molar-refractivity contribution in [1.29, 1.82) is 0 Å². The maximum Gasteiger partial charge on any atom is 0.324 e. The third-order valence-corrected chi connectivity index (χ3v) is 2.73. The van der Waals surface area contributed by atoms with Gasteiger partial charge >= 0.3 is 6.03 Å². The number of nitrogens with zero attached hydrogens (tertiary/aromatic N) is 3. The van der Waals surface area contributed by atoms with Gasteiger partial charge in [-0.3, -0.25) is 15.3 Å². The van der Waals surface area contributed by atoms with Crippen molar-refractivity contribution in [3.05, 3.63) is 55.2 Å². The quantitative estimate of drug-likeness (QED) is 0.746. The third kappa shape index (κ3) is 2.54. The summed E-state index contributed by atoms with van der Waals surface area (Å²) in [5, 5.41) is 7.29. The van der Waals surface area contributed by atoms with Crippen LogP contribution in [0.5, 0.6) is 0 Å². The van der Waals surface area contributed by atoms with Crippen LogP contribution in [0.25, 0.3) is 10.8 Å². The Kier molecular flexibility index (Phi) is 3.20. The van der Waals surface area contributed by atoms with E-state index >= 15 is 0 Å². The van der Waals surface area contributed by atoms with E-state index in [4.69, 9.17) is 0 Å². The fraction of sp³-hybridized carbons (Fsp3) is 0. The van der Waals surface area contributed by atoms with Crippen molar-refractivity contribution in [3.8, 4) is 0 Å². The third-order valence-electron chi connectivity index (χ3n) is 2.73. The van der Waals surface area contributed by atoms with Gasteiger partial charge in [0.1, 0.15) is 0 Å². The number of rotatable bonds is 2. The van der Waals surface area contributed by atoms with E-state index in [0.717, 1.165) is 10.8 Å². The highest BCUT2D eigenvalue weighted by atomic mass is 16.2. The summed E-state index contributed by atoms with van der Waals surface area (Å²) >= 11 is 0. The summed E-state index contributed by atoms with van der Waals surface area (Å²) in [5.41, 5.74) is 0.714. The average Bonchev–Trinajstić information content (AvgIpc) is 2.48. The fourth-order valence-electron chi connectivity index (χ4n) is 1.87. The van der Waals surface area contributed by atoms with E-state index in [2.05, 4.69) is 25.6 Å². The minimum absolute atomic E-state index is 0.366. The number of pyridine rings is 1. The van der Waals surface area contributed by atoms with E-state index in [-0.39, 0.29) is 6.03 Å². The van der Waals surface area contributed by atoms with Crippen molar-refractivity contribution in [1.82, 2.24) is 15.0 Å². The molecule has 6 nitrogen and oxygen atoms in total. The summed E-state index contributed by atoms with van der Waals surface area (Å²) in [7, 11) is 0. The lowest BCUT2D eigenvalue weighted by molar-refractivity contribution is 0.262.